The number of fused-ring (bicyclic) bond motifs is 6. The molecule has 0 radical (unpaired) electrons. The van der Waals surface area contributed by atoms with E-state index in [4.69, 9.17) is 9.40 Å². The summed E-state index contributed by atoms with van der Waals surface area (Å²) in [5, 5.41) is 4.70. The van der Waals surface area contributed by atoms with Crippen LogP contribution in [0.3, 0.4) is 0 Å². The summed E-state index contributed by atoms with van der Waals surface area (Å²) < 4.78 is 9.02. The highest BCUT2D eigenvalue weighted by molar-refractivity contribution is 6.11. The number of para-hydroxylation sites is 1. The third-order valence-electron chi connectivity index (χ3n) is 8.87. The normalized spacial score (nSPS) is 13.2. The highest BCUT2D eigenvalue weighted by Crippen LogP contribution is 2.42. The van der Waals surface area contributed by atoms with E-state index in [0.717, 1.165) is 57.2 Å². The van der Waals surface area contributed by atoms with Crippen LogP contribution in [0.4, 0.5) is 17.4 Å². The minimum absolute atomic E-state index is 0.536. The van der Waals surface area contributed by atoms with Crippen LogP contribution in [0.2, 0.25) is 0 Å². The Morgan fingerprint density at radius 3 is 2.29 bits per heavy atom. The standard InChI is InChI=1S/C41H29N3O/c1-3-12-28(13-4-1)30-15-11-18-32(26-30)43(41-42-40-34-19-8-7-14-29(34)22-25-39(40)45-41)33-23-24-36-35-20-9-10-21-37(35)44(38(36)27-33)31-16-5-2-6-17-31/h1-5,7-16,18-27H,6,17H2. The number of nitrogens with zero attached hydrogens (tertiary/aromatic N) is 3. The molecule has 0 aliphatic heterocycles. The van der Waals surface area contributed by atoms with Crippen molar-refractivity contribution in [1.82, 2.24) is 9.55 Å². The molecule has 1 aliphatic carbocycles. The van der Waals surface area contributed by atoms with Gasteiger partial charge in [0.25, 0.3) is 0 Å². The fraction of sp³-hybridized carbons (Fsp3) is 0.0488. The van der Waals surface area contributed by atoms with Crippen molar-refractivity contribution in [2.45, 2.75) is 12.8 Å². The number of anilines is 3. The van der Waals surface area contributed by atoms with Crippen LogP contribution in [0.25, 0.3) is 60.5 Å². The molecule has 2 heterocycles. The van der Waals surface area contributed by atoms with Gasteiger partial charge in [-0.2, -0.15) is 4.98 Å². The van der Waals surface area contributed by atoms with Crippen molar-refractivity contribution >= 4 is 66.8 Å². The molecule has 1 aliphatic rings. The average molecular weight is 580 g/mol. The van der Waals surface area contributed by atoms with E-state index in [1.165, 1.54) is 27.5 Å². The molecule has 6 aromatic carbocycles. The lowest BCUT2D eigenvalue weighted by atomic mass is 10.0. The van der Waals surface area contributed by atoms with Gasteiger partial charge in [-0.15, -0.1) is 0 Å². The molecule has 0 saturated carbocycles. The van der Waals surface area contributed by atoms with Gasteiger partial charge in [0.05, 0.1) is 22.4 Å². The Labute approximate surface area is 260 Å². The molecule has 0 unspecified atom stereocenters. The van der Waals surface area contributed by atoms with Crippen LogP contribution in [-0.4, -0.2) is 9.55 Å². The predicted molar refractivity (Wildman–Crippen MR) is 187 cm³/mol. The van der Waals surface area contributed by atoms with E-state index in [1.54, 1.807) is 0 Å². The van der Waals surface area contributed by atoms with E-state index in [1.807, 2.05) is 12.1 Å². The first-order chi connectivity index (χ1) is 22.3. The number of benzene rings is 6. The lowest BCUT2D eigenvalue weighted by Crippen LogP contribution is -2.10. The summed E-state index contributed by atoms with van der Waals surface area (Å²) in [5.74, 6) is 0. The molecule has 214 valence electrons. The highest BCUT2D eigenvalue weighted by atomic mass is 16.4. The lowest BCUT2D eigenvalue weighted by Gasteiger charge is -2.22. The Morgan fingerprint density at radius 1 is 0.622 bits per heavy atom. The summed E-state index contributed by atoms with van der Waals surface area (Å²) in [7, 11) is 0. The molecule has 0 N–H and O–H groups in total. The van der Waals surface area contributed by atoms with E-state index in [9.17, 15) is 0 Å². The Balaban J connectivity index is 1.30. The second-order valence-corrected chi connectivity index (χ2v) is 11.6. The molecule has 8 aromatic rings. The number of hydrogen-bond acceptors (Lipinski definition) is 3. The molecular formula is C41H29N3O. The van der Waals surface area contributed by atoms with Gasteiger partial charge in [0, 0.05) is 21.9 Å². The number of hydrogen-bond donors (Lipinski definition) is 0. The van der Waals surface area contributed by atoms with Crippen LogP contribution in [-0.2, 0) is 0 Å². The first-order valence-electron chi connectivity index (χ1n) is 15.4. The Morgan fingerprint density at radius 2 is 1.40 bits per heavy atom. The minimum atomic E-state index is 0.536. The monoisotopic (exact) mass is 579 g/mol. The molecule has 2 aromatic heterocycles. The first-order valence-corrected chi connectivity index (χ1v) is 15.4. The van der Waals surface area contributed by atoms with Gasteiger partial charge in [0.15, 0.2) is 5.58 Å². The molecule has 4 nitrogen and oxygen atoms in total. The largest absolute Gasteiger partial charge is 0.423 e. The number of oxazole rings is 1. The zero-order valence-electron chi connectivity index (χ0n) is 24.6. The molecule has 0 fully saturated rings. The summed E-state index contributed by atoms with van der Waals surface area (Å²) in [4.78, 5) is 7.31. The van der Waals surface area contributed by atoms with E-state index < -0.39 is 0 Å². The van der Waals surface area contributed by atoms with E-state index in [2.05, 4.69) is 149 Å². The van der Waals surface area contributed by atoms with Crippen molar-refractivity contribution in [2.75, 3.05) is 4.90 Å². The van der Waals surface area contributed by atoms with Crippen LogP contribution in [0.5, 0.6) is 0 Å². The molecule has 0 atom stereocenters. The molecule has 4 heteroatoms. The van der Waals surface area contributed by atoms with E-state index in [0.29, 0.717) is 6.01 Å². The molecule has 45 heavy (non-hydrogen) atoms. The van der Waals surface area contributed by atoms with Crippen LogP contribution in [0.1, 0.15) is 12.8 Å². The zero-order valence-corrected chi connectivity index (χ0v) is 24.6. The third kappa shape index (κ3) is 4.26. The Hall–Kier alpha value is -5.87. The van der Waals surface area contributed by atoms with Gasteiger partial charge in [-0.3, -0.25) is 4.90 Å². The van der Waals surface area contributed by atoms with Gasteiger partial charge in [-0.25, -0.2) is 0 Å². The zero-order chi connectivity index (χ0) is 29.7. The maximum Gasteiger partial charge on any atom is 0.307 e. The average Bonchev–Trinajstić information content (AvgIpc) is 3.69. The molecule has 0 saturated heterocycles. The number of allylic oxidation sites excluding steroid dienone is 4. The molecule has 0 bridgehead atoms. The van der Waals surface area contributed by atoms with Crippen LogP contribution >= 0.6 is 0 Å². The quantitative estimate of drug-likeness (QED) is 0.203. The summed E-state index contributed by atoms with van der Waals surface area (Å²) in [6.07, 6.45) is 8.69. The van der Waals surface area contributed by atoms with Crippen molar-refractivity contribution in [2.24, 2.45) is 0 Å². The van der Waals surface area contributed by atoms with Gasteiger partial charge in [-0.05, 0) is 71.8 Å². The van der Waals surface area contributed by atoms with Crippen molar-refractivity contribution in [3.63, 3.8) is 0 Å². The van der Waals surface area contributed by atoms with E-state index in [-0.39, 0.29) is 0 Å². The van der Waals surface area contributed by atoms with Crippen molar-refractivity contribution in [3.8, 4) is 11.1 Å². The number of aromatic nitrogens is 2. The smallest absolute Gasteiger partial charge is 0.307 e. The Bertz CT molecular complexity index is 2440. The fourth-order valence-electron chi connectivity index (χ4n) is 6.75. The maximum absolute atomic E-state index is 6.60. The van der Waals surface area contributed by atoms with Crippen molar-refractivity contribution < 1.29 is 4.42 Å². The summed E-state index contributed by atoms with van der Waals surface area (Å²) in [6.45, 7) is 0. The molecule has 0 spiro atoms. The Kier molecular flexibility index (Phi) is 5.91. The molecular weight excluding hydrogens is 550 g/mol. The van der Waals surface area contributed by atoms with Crippen LogP contribution in [0.15, 0.2) is 156 Å². The van der Waals surface area contributed by atoms with Crippen LogP contribution in [0, 0.1) is 0 Å². The second kappa shape index (κ2) is 10.4. The van der Waals surface area contributed by atoms with Crippen molar-refractivity contribution in [1.29, 1.82) is 0 Å². The maximum atomic E-state index is 6.60. The second-order valence-electron chi connectivity index (χ2n) is 11.6. The number of rotatable bonds is 5. The molecule has 9 rings (SSSR count). The van der Waals surface area contributed by atoms with Gasteiger partial charge < -0.3 is 8.98 Å². The minimum Gasteiger partial charge on any atom is -0.423 e. The fourth-order valence-corrected chi connectivity index (χ4v) is 6.75. The van der Waals surface area contributed by atoms with Gasteiger partial charge in [-0.1, -0.05) is 109 Å². The lowest BCUT2D eigenvalue weighted by molar-refractivity contribution is 0.608. The summed E-state index contributed by atoms with van der Waals surface area (Å²) in [6, 6.07) is 47.5. The van der Waals surface area contributed by atoms with Crippen LogP contribution < -0.4 is 4.90 Å². The predicted octanol–water partition coefficient (Wildman–Crippen LogP) is 11.4. The third-order valence-corrected chi connectivity index (χ3v) is 8.87. The van der Waals surface area contributed by atoms with Crippen molar-refractivity contribution in [3.05, 3.63) is 152 Å². The van der Waals surface area contributed by atoms with Gasteiger partial charge >= 0.3 is 6.01 Å². The van der Waals surface area contributed by atoms with Gasteiger partial charge in [0.1, 0.15) is 5.52 Å². The topological polar surface area (TPSA) is 34.2 Å². The SMILES string of the molecule is C1=CCCC(n2c3ccccc3c3ccc(N(c4cccc(-c5ccccc5)c4)c4nc5c(ccc6ccccc65)o4)cc32)=C1. The van der Waals surface area contributed by atoms with E-state index >= 15 is 0 Å². The first kappa shape index (κ1) is 25.6. The summed E-state index contributed by atoms with van der Waals surface area (Å²) >= 11 is 0. The highest BCUT2D eigenvalue weighted by Gasteiger charge is 2.22. The van der Waals surface area contributed by atoms with Gasteiger partial charge in [0.2, 0.25) is 0 Å². The summed E-state index contributed by atoms with van der Waals surface area (Å²) in [5.41, 5.74) is 9.58. The molecule has 0 amide bonds.